The molecule has 0 aliphatic carbocycles. The molecule has 0 saturated carbocycles. The number of halogens is 2. The van der Waals surface area contributed by atoms with Crippen molar-refractivity contribution in [3.8, 4) is 5.75 Å². The fraction of sp³-hybridized carbons (Fsp3) is 0.0476. The Balaban J connectivity index is 1.70. The van der Waals surface area contributed by atoms with Gasteiger partial charge in [-0.15, -0.1) is 0 Å². The van der Waals surface area contributed by atoms with E-state index in [1.165, 1.54) is 0 Å². The maximum absolute atomic E-state index is 12.3. The molecule has 27 heavy (non-hydrogen) atoms. The van der Waals surface area contributed by atoms with Gasteiger partial charge in [0.15, 0.2) is 0 Å². The molecule has 0 saturated heterocycles. The lowest BCUT2D eigenvalue weighted by atomic mass is 10.1. The van der Waals surface area contributed by atoms with Crippen molar-refractivity contribution in [3.05, 3.63) is 85.5 Å². The molecule has 136 valence electrons. The third-order valence-electron chi connectivity index (χ3n) is 3.76. The monoisotopic (exact) mass is 582 g/mol. The SMILES string of the molecule is C=CCOc1c(I)cc(/C=N\NC(=O)c2ccc3ccccc3c2)cc1I. The van der Waals surface area contributed by atoms with Crippen molar-refractivity contribution in [1.29, 1.82) is 0 Å². The lowest BCUT2D eigenvalue weighted by molar-refractivity contribution is 0.0955. The summed E-state index contributed by atoms with van der Waals surface area (Å²) in [4.78, 5) is 12.3. The molecule has 0 fully saturated rings. The first-order valence-corrected chi connectivity index (χ1v) is 10.3. The molecular weight excluding hydrogens is 566 g/mol. The van der Waals surface area contributed by atoms with Gasteiger partial charge in [-0.1, -0.05) is 43.0 Å². The van der Waals surface area contributed by atoms with Crippen LogP contribution < -0.4 is 10.2 Å². The quantitative estimate of drug-likeness (QED) is 0.184. The number of nitrogens with one attached hydrogen (secondary N) is 1. The molecular formula is C21H16I2N2O2. The molecule has 3 rings (SSSR count). The molecule has 0 atom stereocenters. The standard InChI is InChI=1S/C21H16I2N2O2/c1-2-9-27-20-18(22)10-14(11-19(20)23)13-24-25-21(26)17-8-7-15-5-3-4-6-16(15)12-17/h2-8,10-13H,1,9H2,(H,25,26)/b24-13-. The fourth-order valence-electron chi connectivity index (χ4n) is 2.49. The van der Waals surface area contributed by atoms with E-state index in [0.29, 0.717) is 12.2 Å². The molecule has 1 amide bonds. The number of benzene rings is 3. The third kappa shape index (κ3) is 5.07. The zero-order chi connectivity index (χ0) is 19.2. The van der Waals surface area contributed by atoms with Crippen molar-refractivity contribution in [2.24, 2.45) is 5.10 Å². The smallest absolute Gasteiger partial charge is 0.271 e. The second-order valence-corrected chi connectivity index (χ2v) is 8.00. The van der Waals surface area contributed by atoms with Gasteiger partial charge in [-0.3, -0.25) is 4.79 Å². The van der Waals surface area contributed by atoms with E-state index >= 15 is 0 Å². The van der Waals surface area contributed by atoms with Gasteiger partial charge in [-0.05, 0) is 85.8 Å². The van der Waals surface area contributed by atoms with Gasteiger partial charge >= 0.3 is 0 Å². The highest BCUT2D eigenvalue weighted by Gasteiger charge is 2.08. The Morgan fingerprint density at radius 2 is 1.78 bits per heavy atom. The summed E-state index contributed by atoms with van der Waals surface area (Å²) < 4.78 is 7.61. The Morgan fingerprint density at radius 1 is 1.07 bits per heavy atom. The van der Waals surface area contributed by atoms with E-state index in [2.05, 4.69) is 62.3 Å². The van der Waals surface area contributed by atoms with Crippen molar-refractivity contribution < 1.29 is 9.53 Å². The Kier molecular flexibility index (Phi) is 6.84. The van der Waals surface area contributed by atoms with Crippen LogP contribution in [0.25, 0.3) is 10.8 Å². The summed E-state index contributed by atoms with van der Waals surface area (Å²) in [6.45, 7) is 4.12. The summed E-state index contributed by atoms with van der Waals surface area (Å²) in [5.41, 5.74) is 4.04. The topological polar surface area (TPSA) is 50.7 Å². The zero-order valence-electron chi connectivity index (χ0n) is 14.3. The number of amides is 1. The molecule has 0 aromatic heterocycles. The minimum atomic E-state index is -0.243. The van der Waals surface area contributed by atoms with Crippen LogP contribution in [0.15, 0.2) is 72.4 Å². The van der Waals surface area contributed by atoms with Gasteiger partial charge in [0.2, 0.25) is 0 Å². The summed E-state index contributed by atoms with van der Waals surface area (Å²) in [5, 5.41) is 6.20. The van der Waals surface area contributed by atoms with Crippen molar-refractivity contribution in [2.45, 2.75) is 0 Å². The molecule has 1 N–H and O–H groups in total. The summed E-state index contributed by atoms with van der Waals surface area (Å²) in [7, 11) is 0. The minimum absolute atomic E-state index is 0.243. The van der Waals surface area contributed by atoms with Crippen molar-refractivity contribution in [1.82, 2.24) is 5.43 Å². The van der Waals surface area contributed by atoms with E-state index in [4.69, 9.17) is 4.74 Å². The van der Waals surface area contributed by atoms with E-state index in [1.807, 2.05) is 48.5 Å². The van der Waals surface area contributed by atoms with E-state index in [0.717, 1.165) is 29.2 Å². The lowest BCUT2D eigenvalue weighted by Crippen LogP contribution is -2.17. The molecule has 4 nitrogen and oxygen atoms in total. The highest BCUT2D eigenvalue weighted by atomic mass is 127. The Hall–Kier alpha value is -1.94. The highest BCUT2D eigenvalue weighted by molar-refractivity contribution is 14.1. The van der Waals surface area contributed by atoms with Gasteiger partial charge in [-0.25, -0.2) is 5.43 Å². The number of nitrogens with zero attached hydrogens (tertiary/aromatic N) is 1. The number of carbonyl (C=O) groups is 1. The Morgan fingerprint density at radius 3 is 2.48 bits per heavy atom. The summed E-state index contributed by atoms with van der Waals surface area (Å²) in [5.74, 6) is 0.584. The second-order valence-electron chi connectivity index (χ2n) is 5.67. The number of hydrogen-bond acceptors (Lipinski definition) is 3. The van der Waals surface area contributed by atoms with Gasteiger partial charge in [0.25, 0.3) is 5.91 Å². The average Bonchev–Trinajstić information content (AvgIpc) is 2.67. The van der Waals surface area contributed by atoms with Gasteiger partial charge in [0, 0.05) is 5.56 Å². The minimum Gasteiger partial charge on any atom is -0.487 e. The van der Waals surface area contributed by atoms with Crippen molar-refractivity contribution in [3.63, 3.8) is 0 Å². The largest absolute Gasteiger partial charge is 0.487 e. The maximum atomic E-state index is 12.3. The van der Waals surface area contributed by atoms with Crippen LogP contribution in [0.1, 0.15) is 15.9 Å². The molecule has 3 aromatic rings. The lowest BCUT2D eigenvalue weighted by Gasteiger charge is -2.09. The van der Waals surface area contributed by atoms with Crippen LogP contribution in [0.4, 0.5) is 0 Å². The van der Waals surface area contributed by atoms with Gasteiger partial charge < -0.3 is 4.74 Å². The first-order chi connectivity index (χ1) is 13.1. The molecule has 0 bridgehead atoms. The predicted octanol–water partition coefficient (Wildman–Crippen LogP) is 5.38. The molecule has 0 radical (unpaired) electrons. The fourth-order valence-corrected chi connectivity index (χ4v) is 4.62. The normalized spacial score (nSPS) is 10.9. The number of ether oxygens (including phenoxy) is 1. The van der Waals surface area contributed by atoms with E-state index < -0.39 is 0 Å². The van der Waals surface area contributed by atoms with Crippen molar-refractivity contribution >= 4 is 68.1 Å². The van der Waals surface area contributed by atoms with Crippen LogP contribution >= 0.6 is 45.2 Å². The summed E-state index contributed by atoms with van der Waals surface area (Å²) >= 11 is 4.44. The summed E-state index contributed by atoms with van der Waals surface area (Å²) in [6, 6.07) is 17.4. The van der Waals surface area contributed by atoms with Gasteiger partial charge in [0.1, 0.15) is 12.4 Å². The van der Waals surface area contributed by atoms with E-state index in [-0.39, 0.29) is 5.91 Å². The third-order valence-corrected chi connectivity index (χ3v) is 5.36. The van der Waals surface area contributed by atoms with Crippen LogP contribution in [0.5, 0.6) is 5.75 Å². The van der Waals surface area contributed by atoms with Crippen LogP contribution in [0.3, 0.4) is 0 Å². The van der Waals surface area contributed by atoms with E-state index in [9.17, 15) is 4.79 Å². The maximum Gasteiger partial charge on any atom is 0.271 e. The summed E-state index contributed by atoms with van der Waals surface area (Å²) in [6.07, 6.45) is 3.34. The number of hydrazone groups is 1. The number of fused-ring (bicyclic) bond motifs is 1. The molecule has 0 heterocycles. The molecule has 6 heteroatoms. The first kappa shape index (κ1) is 19.8. The van der Waals surface area contributed by atoms with Crippen molar-refractivity contribution in [2.75, 3.05) is 6.61 Å². The van der Waals surface area contributed by atoms with Crippen LogP contribution in [0, 0.1) is 7.14 Å². The number of carbonyl (C=O) groups excluding carboxylic acids is 1. The predicted molar refractivity (Wildman–Crippen MR) is 127 cm³/mol. The Labute approximate surface area is 185 Å². The number of hydrogen-bond donors (Lipinski definition) is 1. The van der Waals surface area contributed by atoms with Crippen LogP contribution in [-0.4, -0.2) is 18.7 Å². The zero-order valence-corrected chi connectivity index (χ0v) is 18.6. The van der Waals surface area contributed by atoms with Crippen LogP contribution in [-0.2, 0) is 0 Å². The molecule has 0 aliphatic heterocycles. The second kappa shape index (κ2) is 9.32. The number of rotatable bonds is 6. The van der Waals surface area contributed by atoms with E-state index in [1.54, 1.807) is 18.4 Å². The average molecular weight is 582 g/mol. The molecule has 0 spiro atoms. The Bertz CT molecular complexity index is 1010. The highest BCUT2D eigenvalue weighted by Crippen LogP contribution is 2.28. The molecule has 0 unspecified atom stereocenters. The van der Waals surface area contributed by atoms with Gasteiger partial charge in [0.05, 0.1) is 13.4 Å². The van der Waals surface area contributed by atoms with Crippen LogP contribution in [0.2, 0.25) is 0 Å². The van der Waals surface area contributed by atoms with Gasteiger partial charge in [-0.2, -0.15) is 5.10 Å². The molecule has 3 aromatic carbocycles. The first-order valence-electron chi connectivity index (χ1n) is 8.13. The molecule has 0 aliphatic rings.